The van der Waals surface area contributed by atoms with Crippen LogP contribution in [0.2, 0.25) is 0 Å². The average Bonchev–Trinajstić information content (AvgIpc) is 2.85. The molecule has 172 valence electrons. The van der Waals surface area contributed by atoms with E-state index < -0.39 is 0 Å². The SMILES string of the molecule is CCc1cc(=O)n(CC(=O)N2CCN(c3ccc(OC)cc3)CC2)c(N2CCOCC2)n1. The van der Waals surface area contributed by atoms with E-state index in [1.807, 2.05) is 41.0 Å². The predicted octanol–water partition coefficient (Wildman–Crippen LogP) is 1.000. The molecule has 0 unspecified atom stereocenters. The van der Waals surface area contributed by atoms with Crippen molar-refractivity contribution >= 4 is 17.5 Å². The number of methoxy groups -OCH3 is 1. The van der Waals surface area contributed by atoms with Crippen molar-refractivity contribution in [1.29, 1.82) is 0 Å². The molecule has 2 saturated heterocycles. The fourth-order valence-electron chi connectivity index (χ4n) is 4.12. The molecule has 0 radical (unpaired) electrons. The lowest BCUT2D eigenvalue weighted by Crippen LogP contribution is -2.50. The maximum atomic E-state index is 13.1. The molecule has 32 heavy (non-hydrogen) atoms. The summed E-state index contributed by atoms with van der Waals surface area (Å²) in [6, 6.07) is 9.49. The highest BCUT2D eigenvalue weighted by molar-refractivity contribution is 5.76. The Labute approximate surface area is 188 Å². The number of aryl methyl sites for hydroxylation is 1. The van der Waals surface area contributed by atoms with E-state index in [1.165, 1.54) is 4.57 Å². The molecule has 0 bridgehead atoms. The third kappa shape index (κ3) is 4.88. The van der Waals surface area contributed by atoms with Crippen molar-refractivity contribution in [3.63, 3.8) is 0 Å². The van der Waals surface area contributed by atoms with Gasteiger partial charge in [-0.1, -0.05) is 6.92 Å². The van der Waals surface area contributed by atoms with Crippen LogP contribution in [0.1, 0.15) is 12.6 Å². The van der Waals surface area contributed by atoms with Gasteiger partial charge >= 0.3 is 0 Å². The lowest BCUT2D eigenvalue weighted by molar-refractivity contribution is -0.132. The second-order valence-electron chi connectivity index (χ2n) is 7.99. The van der Waals surface area contributed by atoms with Gasteiger partial charge < -0.3 is 24.2 Å². The van der Waals surface area contributed by atoms with Crippen LogP contribution in [0.3, 0.4) is 0 Å². The average molecular weight is 442 g/mol. The van der Waals surface area contributed by atoms with E-state index in [-0.39, 0.29) is 18.0 Å². The number of carbonyl (C=O) groups excluding carboxylic acids is 1. The molecule has 0 aliphatic carbocycles. The molecule has 1 amide bonds. The van der Waals surface area contributed by atoms with Crippen LogP contribution in [0.4, 0.5) is 11.6 Å². The number of rotatable bonds is 6. The summed E-state index contributed by atoms with van der Waals surface area (Å²) >= 11 is 0. The summed E-state index contributed by atoms with van der Waals surface area (Å²) in [7, 11) is 1.65. The Morgan fingerprint density at radius 1 is 1.03 bits per heavy atom. The van der Waals surface area contributed by atoms with E-state index in [4.69, 9.17) is 9.47 Å². The second-order valence-corrected chi connectivity index (χ2v) is 7.99. The Hall–Kier alpha value is -3.07. The van der Waals surface area contributed by atoms with Gasteiger partial charge in [0, 0.05) is 56.7 Å². The number of amides is 1. The molecule has 0 atom stereocenters. The number of piperazine rings is 1. The van der Waals surface area contributed by atoms with Crippen LogP contribution in [-0.4, -0.2) is 80.0 Å². The Morgan fingerprint density at radius 2 is 1.72 bits per heavy atom. The van der Waals surface area contributed by atoms with Crippen LogP contribution >= 0.6 is 0 Å². The molecule has 0 saturated carbocycles. The Balaban J connectivity index is 1.44. The Bertz CT molecular complexity index is 977. The maximum Gasteiger partial charge on any atom is 0.255 e. The number of benzene rings is 1. The molecular weight excluding hydrogens is 410 g/mol. The van der Waals surface area contributed by atoms with Crippen LogP contribution in [0, 0.1) is 0 Å². The highest BCUT2D eigenvalue weighted by Crippen LogP contribution is 2.21. The van der Waals surface area contributed by atoms with Crippen LogP contribution < -0.4 is 20.1 Å². The van der Waals surface area contributed by atoms with Crippen LogP contribution in [0.15, 0.2) is 35.1 Å². The van der Waals surface area contributed by atoms with Gasteiger partial charge in [0.25, 0.3) is 5.56 Å². The molecule has 4 rings (SSSR count). The molecule has 9 heteroatoms. The molecule has 2 fully saturated rings. The number of hydrogen-bond acceptors (Lipinski definition) is 7. The molecule has 0 spiro atoms. The van der Waals surface area contributed by atoms with Crippen LogP contribution in [-0.2, 0) is 22.5 Å². The molecule has 1 aromatic carbocycles. The summed E-state index contributed by atoms with van der Waals surface area (Å²) in [5.74, 6) is 1.34. The zero-order valence-corrected chi connectivity index (χ0v) is 18.8. The van der Waals surface area contributed by atoms with E-state index in [9.17, 15) is 9.59 Å². The maximum absolute atomic E-state index is 13.1. The van der Waals surface area contributed by atoms with Gasteiger partial charge in [-0.15, -0.1) is 0 Å². The first-order valence-corrected chi connectivity index (χ1v) is 11.2. The number of anilines is 2. The van der Waals surface area contributed by atoms with E-state index in [2.05, 4.69) is 9.88 Å². The van der Waals surface area contributed by atoms with Crippen molar-refractivity contribution in [2.45, 2.75) is 19.9 Å². The highest BCUT2D eigenvalue weighted by Gasteiger charge is 2.25. The lowest BCUT2D eigenvalue weighted by Gasteiger charge is -2.36. The summed E-state index contributed by atoms with van der Waals surface area (Å²) in [5, 5.41) is 0. The van der Waals surface area contributed by atoms with Gasteiger partial charge in [-0.05, 0) is 30.7 Å². The highest BCUT2D eigenvalue weighted by atomic mass is 16.5. The number of aromatic nitrogens is 2. The quantitative estimate of drug-likeness (QED) is 0.662. The minimum Gasteiger partial charge on any atom is -0.497 e. The Kier molecular flexibility index (Phi) is 6.94. The third-order valence-electron chi connectivity index (χ3n) is 6.06. The zero-order valence-electron chi connectivity index (χ0n) is 18.8. The fraction of sp³-hybridized carbons (Fsp3) is 0.522. The van der Waals surface area contributed by atoms with Gasteiger partial charge in [0.15, 0.2) is 0 Å². The zero-order chi connectivity index (χ0) is 22.5. The number of morpholine rings is 1. The van der Waals surface area contributed by atoms with Gasteiger partial charge in [-0.2, -0.15) is 0 Å². The first-order chi connectivity index (χ1) is 15.6. The first-order valence-electron chi connectivity index (χ1n) is 11.2. The van der Waals surface area contributed by atoms with E-state index in [0.29, 0.717) is 51.8 Å². The predicted molar refractivity (Wildman–Crippen MR) is 123 cm³/mol. The molecule has 1 aromatic heterocycles. The standard InChI is InChI=1S/C23H31N5O4/c1-3-18-16-21(29)28(23(24-18)27-12-14-32-15-13-27)17-22(30)26-10-8-25(9-11-26)19-4-6-20(31-2)7-5-19/h4-7,16H,3,8-15,17H2,1-2H3. The van der Waals surface area contributed by atoms with E-state index in [0.717, 1.165) is 30.2 Å². The van der Waals surface area contributed by atoms with E-state index >= 15 is 0 Å². The third-order valence-corrected chi connectivity index (χ3v) is 6.06. The number of nitrogens with zero attached hydrogens (tertiary/aromatic N) is 5. The molecular formula is C23H31N5O4. The number of ether oxygens (including phenoxy) is 2. The molecule has 0 N–H and O–H groups in total. The second kappa shape index (κ2) is 10.0. The Morgan fingerprint density at radius 3 is 2.34 bits per heavy atom. The van der Waals surface area contributed by atoms with Crippen molar-refractivity contribution < 1.29 is 14.3 Å². The number of carbonyl (C=O) groups is 1. The van der Waals surface area contributed by atoms with Gasteiger partial charge in [-0.3, -0.25) is 14.2 Å². The van der Waals surface area contributed by atoms with Crippen LogP contribution in [0.5, 0.6) is 5.75 Å². The van der Waals surface area contributed by atoms with Gasteiger partial charge in [0.2, 0.25) is 11.9 Å². The normalized spacial score (nSPS) is 16.9. The molecule has 2 aliphatic heterocycles. The largest absolute Gasteiger partial charge is 0.497 e. The first kappa shape index (κ1) is 22.1. The minimum absolute atomic E-state index is 0.00501. The molecule has 2 aromatic rings. The minimum atomic E-state index is -0.177. The smallest absolute Gasteiger partial charge is 0.255 e. The fourth-order valence-corrected chi connectivity index (χ4v) is 4.12. The molecule has 3 heterocycles. The van der Waals surface area contributed by atoms with Crippen molar-refractivity contribution in [1.82, 2.24) is 14.5 Å². The summed E-state index contributed by atoms with van der Waals surface area (Å²) < 4.78 is 12.2. The van der Waals surface area contributed by atoms with E-state index in [1.54, 1.807) is 13.2 Å². The van der Waals surface area contributed by atoms with Crippen LogP contribution in [0.25, 0.3) is 0 Å². The molecule has 9 nitrogen and oxygen atoms in total. The van der Waals surface area contributed by atoms with Crippen molar-refractivity contribution in [3.8, 4) is 5.75 Å². The summed E-state index contributed by atoms with van der Waals surface area (Å²) in [5.41, 5.74) is 1.68. The van der Waals surface area contributed by atoms with Gasteiger partial charge in [-0.25, -0.2) is 4.98 Å². The lowest BCUT2D eigenvalue weighted by atomic mass is 10.2. The molecule has 2 aliphatic rings. The number of hydrogen-bond donors (Lipinski definition) is 0. The summed E-state index contributed by atoms with van der Waals surface area (Å²) in [6.45, 7) is 7.21. The monoisotopic (exact) mass is 441 g/mol. The summed E-state index contributed by atoms with van der Waals surface area (Å²) in [4.78, 5) is 36.8. The van der Waals surface area contributed by atoms with Gasteiger partial charge in [0.1, 0.15) is 12.3 Å². The van der Waals surface area contributed by atoms with Crippen molar-refractivity contribution in [2.24, 2.45) is 0 Å². The van der Waals surface area contributed by atoms with Crippen molar-refractivity contribution in [3.05, 3.63) is 46.4 Å². The van der Waals surface area contributed by atoms with Gasteiger partial charge in [0.05, 0.1) is 20.3 Å². The summed E-state index contributed by atoms with van der Waals surface area (Å²) in [6.07, 6.45) is 0.675. The topological polar surface area (TPSA) is 80.1 Å². The van der Waals surface area contributed by atoms with Crippen molar-refractivity contribution in [2.75, 3.05) is 69.4 Å².